The second-order valence-corrected chi connectivity index (χ2v) is 5.72. The van der Waals surface area contributed by atoms with E-state index >= 15 is 0 Å². The van der Waals surface area contributed by atoms with Crippen LogP contribution in [0.5, 0.6) is 17.2 Å². The fraction of sp³-hybridized carbons (Fsp3) is 0.222. The van der Waals surface area contributed by atoms with Gasteiger partial charge in [0.25, 0.3) is 11.8 Å². The SMILES string of the molecule is O=C(COc1cccc(C(F)(F)F)c1)NNC(=O)C1COc2ccccc2O1. The van der Waals surface area contributed by atoms with E-state index in [1.165, 1.54) is 6.07 Å². The highest BCUT2D eigenvalue weighted by Gasteiger charge is 2.31. The van der Waals surface area contributed by atoms with Crippen LogP contribution in [0.4, 0.5) is 13.2 Å². The number of hydrazine groups is 1. The van der Waals surface area contributed by atoms with Gasteiger partial charge in [0.05, 0.1) is 5.56 Å². The molecule has 0 aromatic heterocycles. The Morgan fingerprint density at radius 1 is 1.07 bits per heavy atom. The average molecular weight is 396 g/mol. The molecule has 28 heavy (non-hydrogen) atoms. The van der Waals surface area contributed by atoms with Gasteiger partial charge >= 0.3 is 6.18 Å². The summed E-state index contributed by atoms with van der Waals surface area (Å²) in [7, 11) is 0. The van der Waals surface area contributed by atoms with Crippen LogP contribution in [-0.4, -0.2) is 31.1 Å². The molecular formula is C18H15F3N2O5. The van der Waals surface area contributed by atoms with Crippen LogP contribution in [0, 0.1) is 0 Å². The van der Waals surface area contributed by atoms with Crippen molar-refractivity contribution in [3.63, 3.8) is 0 Å². The fourth-order valence-electron chi connectivity index (χ4n) is 2.31. The minimum Gasteiger partial charge on any atom is -0.485 e. The standard InChI is InChI=1S/C18H15F3N2O5/c19-18(20,21)11-4-3-5-12(8-11)26-10-16(24)22-23-17(25)15-9-27-13-6-1-2-7-14(13)28-15/h1-8,15H,9-10H2,(H,22,24)(H,23,25). The van der Waals surface area contributed by atoms with Crippen molar-refractivity contribution in [2.24, 2.45) is 0 Å². The predicted octanol–water partition coefficient (Wildman–Crippen LogP) is 2.07. The van der Waals surface area contributed by atoms with E-state index in [1.54, 1.807) is 24.3 Å². The van der Waals surface area contributed by atoms with E-state index in [1.807, 2.05) is 0 Å². The molecule has 3 rings (SSSR count). The first-order chi connectivity index (χ1) is 13.3. The lowest BCUT2D eigenvalue weighted by Gasteiger charge is -2.25. The third-order valence-corrected chi connectivity index (χ3v) is 3.66. The Labute approximate surface area is 157 Å². The monoisotopic (exact) mass is 396 g/mol. The largest absolute Gasteiger partial charge is 0.485 e. The summed E-state index contributed by atoms with van der Waals surface area (Å²) in [5.74, 6) is -0.639. The summed E-state index contributed by atoms with van der Waals surface area (Å²) in [5.41, 5.74) is 3.35. The van der Waals surface area contributed by atoms with Gasteiger partial charge in [0, 0.05) is 0 Å². The predicted molar refractivity (Wildman–Crippen MR) is 89.6 cm³/mol. The zero-order chi connectivity index (χ0) is 20.1. The minimum atomic E-state index is -4.52. The zero-order valence-corrected chi connectivity index (χ0v) is 14.3. The average Bonchev–Trinajstić information content (AvgIpc) is 2.69. The van der Waals surface area contributed by atoms with Crippen molar-refractivity contribution in [2.75, 3.05) is 13.2 Å². The molecule has 1 unspecified atom stereocenters. The fourth-order valence-corrected chi connectivity index (χ4v) is 2.31. The number of ether oxygens (including phenoxy) is 3. The molecule has 0 aliphatic carbocycles. The normalized spacial score (nSPS) is 15.5. The molecule has 1 aliphatic rings. The number of halogens is 3. The summed E-state index contributed by atoms with van der Waals surface area (Å²) in [6.07, 6.45) is -5.49. The van der Waals surface area contributed by atoms with E-state index in [4.69, 9.17) is 14.2 Å². The van der Waals surface area contributed by atoms with E-state index in [2.05, 4.69) is 10.9 Å². The Morgan fingerprint density at radius 3 is 2.57 bits per heavy atom. The number of carbonyl (C=O) groups excluding carboxylic acids is 2. The number of alkyl halides is 3. The van der Waals surface area contributed by atoms with Gasteiger partial charge in [-0.15, -0.1) is 0 Å². The maximum Gasteiger partial charge on any atom is 0.416 e. The number of amides is 2. The van der Waals surface area contributed by atoms with E-state index < -0.39 is 36.3 Å². The minimum absolute atomic E-state index is 0.0422. The van der Waals surface area contributed by atoms with Crippen LogP contribution in [0.1, 0.15) is 5.56 Å². The molecule has 7 nitrogen and oxygen atoms in total. The van der Waals surface area contributed by atoms with Crippen molar-refractivity contribution in [3.8, 4) is 17.2 Å². The zero-order valence-electron chi connectivity index (χ0n) is 14.3. The Bertz CT molecular complexity index is 872. The maximum absolute atomic E-state index is 12.6. The van der Waals surface area contributed by atoms with Crippen molar-refractivity contribution in [2.45, 2.75) is 12.3 Å². The van der Waals surface area contributed by atoms with Gasteiger partial charge in [0.1, 0.15) is 12.4 Å². The van der Waals surface area contributed by atoms with Crippen molar-refractivity contribution in [1.29, 1.82) is 0 Å². The summed E-state index contributed by atoms with van der Waals surface area (Å²) in [4.78, 5) is 23.8. The molecule has 0 bridgehead atoms. The van der Waals surface area contributed by atoms with Gasteiger partial charge in [-0.1, -0.05) is 18.2 Å². The highest BCUT2D eigenvalue weighted by Crippen LogP contribution is 2.31. The molecule has 0 saturated heterocycles. The third kappa shape index (κ3) is 4.84. The number of nitrogens with one attached hydrogen (secondary N) is 2. The Balaban J connectivity index is 1.45. The number of benzene rings is 2. The van der Waals surface area contributed by atoms with E-state index in [0.29, 0.717) is 11.5 Å². The van der Waals surface area contributed by atoms with Crippen LogP contribution in [0.2, 0.25) is 0 Å². The van der Waals surface area contributed by atoms with Gasteiger partial charge in [-0.25, -0.2) is 0 Å². The molecule has 10 heteroatoms. The lowest BCUT2D eigenvalue weighted by atomic mass is 10.2. The summed E-state index contributed by atoms with van der Waals surface area (Å²) >= 11 is 0. The molecule has 2 aromatic rings. The summed E-state index contributed by atoms with van der Waals surface area (Å²) in [6.45, 7) is -0.633. The molecule has 1 atom stereocenters. The number of para-hydroxylation sites is 2. The molecule has 1 heterocycles. The second kappa shape index (κ2) is 8.07. The van der Waals surface area contributed by atoms with Crippen molar-refractivity contribution >= 4 is 11.8 Å². The molecule has 2 amide bonds. The van der Waals surface area contributed by atoms with Gasteiger partial charge in [-0.2, -0.15) is 13.2 Å². The number of fused-ring (bicyclic) bond motifs is 1. The topological polar surface area (TPSA) is 85.9 Å². The lowest BCUT2D eigenvalue weighted by Crippen LogP contribution is -2.51. The Hall–Kier alpha value is -3.43. The second-order valence-electron chi connectivity index (χ2n) is 5.72. The van der Waals surface area contributed by atoms with Crippen molar-refractivity contribution in [1.82, 2.24) is 10.9 Å². The quantitative estimate of drug-likeness (QED) is 0.773. The van der Waals surface area contributed by atoms with Crippen LogP contribution >= 0.6 is 0 Å². The van der Waals surface area contributed by atoms with E-state index in [-0.39, 0.29) is 12.4 Å². The summed E-state index contributed by atoms with van der Waals surface area (Å²) in [6, 6.07) is 10.9. The van der Waals surface area contributed by atoms with Crippen LogP contribution in [0.25, 0.3) is 0 Å². The van der Waals surface area contributed by atoms with Crippen molar-refractivity contribution in [3.05, 3.63) is 54.1 Å². The molecule has 0 radical (unpaired) electrons. The van der Waals surface area contributed by atoms with Gasteiger partial charge in [0.15, 0.2) is 18.1 Å². The Morgan fingerprint density at radius 2 is 1.82 bits per heavy atom. The van der Waals surface area contributed by atoms with Crippen LogP contribution < -0.4 is 25.1 Å². The molecule has 0 saturated carbocycles. The number of carbonyl (C=O) groups is 2. The van der Waals surface area contributed by atoms with Gasteiger partial charge in [-0.05, 0) is 30.3 Å². The smallest absolute Gasteiger partial charge is 0.416 e. The molecule has 148 valence electrons. The molecule has 2 N–H and O–H groups in total. The van der Waals surface area contributed by atoms with Gasteiger partial charge in [-0.3, -0.25) is 20.4 Å². The number of hydrogen-bond acceptors (Lipinski definition) is 5. The Kier molecular flexibility index (Phi) is 5.57. The number of hydrogen-bond donors (Lipinski definition) is 2. The maximum atomic E-state index is 12.6. The molecule has 1 aliphatic heterocycles. The first-order valence-corrected chi connectivity index (χ1v) is 8.10. The van der Waals surface area contributed by atoms with E-state index in [9.17, 15) is 22.8 Å². The highest BCUT2D eigenvalue weighted by atomic mass is 19.4. The first-order valence-electron chi connectivity index (χ1n) is 8.10. The first kappa shape index (κ1) is 19.3. The van der Waals surface area contributed by atoms with Crippen molar-refractivity contribution < 1.29 is 37.0 Å². The molecule has 0 spiro atoms. The lowest BCUT2D eigenvalue weighted by molar-refractivity contribution is -0.137. The summed E-state index contributed by atoms with van der Waals surface area (Å²) < 4.78 is 53.8. The van der Waals surface area contributed by atoms with Gasteiger partial charge < -0.3 is 14.2 Å². The number of rotatable bonds is 4. The van der Waals surface area contributed by atoms with Gasteiger partial charge in [0.2, 0.25) is 6.10 Å². The summed E-state index contributed by atoms with van der Waals surface area (Å²) in [5, 5.41) is 0. The van der Waals surface area contributed by atoms with Crippen LogP contribution in [0.15, 0.2) is 48.5 Å². The van der Waals surface area contributed by atoms with Crippen LogP contribution in [0.3, 0.4) is 0 Å². The molecular weight excluding hydrogens is 381 g/mol. The third-order valence-electron chi connectivity index (χ3n) is 3.66. The van der Waals surface area contributed by atoms with E-state index in [0.717, 1.165) is 18.2 Å². The van der Waals surface area contributed by atoms with Crippen LogP contribution in [-0.2, 0) is 15.8 Å². The molecule has 2 aromatic carbocycles. The highest BCUT2D eigenvalue weighted by molar-refractivity contribution is 5.85. The molecule has 0 fully saturated rings.